The molecular weight excluding hydrogens is 350 g/mol. The fourth-order valence-corrected chi connectivity index (χ4v) is 3.61. The van der Waals surface area contributed by atoms with Crippen LogP contribution in [-0.4, -0.2) is 47.8 Å². The van der Waals surface area contributed by atoms with Crippen LogP contribution in [0.2, 0.25) is 0 Å². The number of nitrogens with zero attached hydrogens (tertiary/aromatic N) is 2. The Balaban J connectivity index is 1.30. The average molecular weight is 377 g/mol. The Hall–Kier alpha value is -2.66. The van der Waals surface area contributed by atoms with E-state index in [2.05, 4.69) is 41.4 Å². The number of carbonyl (C=O) groups excluding carboxylic acids is 2. The normalized spacial score (nSPS) is 17.4. The molecule has 1 saturated heterocycles. The smallest absolute Gasteiger partial charge is 0.253 e. The van der Waals surface area contributed by atoms with Gasteiger partial charge in [0.2, 0.25) is 5.91 Å². The van der Waals surface area contributed by atoms with Crippen LogP contribution in [0.4, 0.5) is 5.69 Å². The van der Waals surface area contributed by atoms with Crippen molar-refractivity contribution < 1.29 is 9.59 Å². The molecule has 1 heterocycles. The number of anilines is 1. The molecule has 4 rings (SSSR count). The first-order valence-corrected chi connectivity index (χ1v) is 10.1. The fraction of sp³-hybridized carbons (Fsp3) is 0.391. The second-order valence-electron chi connectivity index (χ2n) is 7.84. The lowest BCUT2D eigenvalue weighted by Gasteiger charge is -2.35. The zero-order valence-corrected chi connectivity index (χ0v) is 16.4. The Morgan fingerprint density at radius 2 is 1.64 bits per heavy atom. The highest BCUT2D eigenvalue weighted by molar-refractivity contribution is 5.96. The van der Waals surface area contributed by atoms with E-state index in [1.807, 2.05) is 29.2 Å². The van der Waals surface area contributed by atoms with Crippen molar-refractivity contribution >= 4 is 17.5 Å². The quantitative estimate of drug-likeness (QED) is 0.870. The summed E-state index contributed by atoms with van der Waals surface area (Å²) in [6, 6.07) is 15.7. The van der Waals surface area contributed by atoms with E-state index < -0.39 is 0 Å². The van der Waals surface area contributed by atoms with E-state index in [-0.39, 0.29) is 17.7 Å². The van der Waals surface area contributed by atoms with Crippen LogP contribution in [0.5, 0.6) is 0 Å². The fourth-order valence-electron chi connectivity index (χ4n) is 3.61. The maximum absolute atomic E-state index is 12.8. The number of hydrogen-bond acceptors (Lipinski definition) is 3. The van der Waals surface area contributed by atoms with Crippen LogP contribution in [0, 0.1) is 12.8 Å². The molecule has 0 bridgehead atoms. The molecule has 1 aliphatic heterocycles. The van der Waals surface area contributed by atoms with Gasteiger partial charge < -0.3 is 10.2 Å². The van der Waals surface area contributed by atoms with Gasteiger partial charge in [0, 0.05) is 49.9 Å². The molecule has 1 N–H and O–H groups in total. The number of nitrogens with one attached hydrogen (secondary N) is 1. The van der Waals surface area contributed by atoms with E-state index >= 15 is 0 Å². The molecule has 2 amide bonds. The molecule has 0 atom stereocenters. The highest BCUT2D eigenvalue weighted by atomic mass is 16.2. The monoisotopic (exact) mass is 377 g/mol. The highest BCUT2D eigenvalue weighted by Crippen LogP contribution is 2.30. The van der Waals surface area contributed by atoms with Gasteiger partial charge >= 0.3 is 0 Å². The third-order valence-corrected chi connectivity index (χ3v) is 5.66. The van der Waals surface area contributed by atoms with Gasteiger partial charge in [-0.15, -0.1) is 0 Å². The standard InChI is InChI=1S/C23H27N3O2/c1-17-4-2-3-5-20(17)16-25-12-14-26(15-13-25)23(28)19-8-10-21(11-9-19)24-22(27)18-6-7-18/h2-5,8-11,18H,6-7,12-16H2,1H3,(H,24,27). The summed E-state index contributed by atoms with van der Waals surface area (Å²) in [4.78, 5) is 29.0. The van der Waals surface area contributed by atoms with Crippen LogP contribution in [0.25, 0.3) is 0 Å². The van der Waals surface area contributed by atoms with Crippen molar-refractivity contribution in [2.45, 2.75) is 26.3 Å². The van der Waals surface area contributed by atoms with Crippen LogP contribution in [0.3, 0.4) is 0 Å². The molecule has 2 aromatic rings. The maximum atomic E-state index is 12.8. The maximum Gasteiger partial charge on any atom is 0.253 e. The molecule has 28 heavy (non-hydrogen) atoms. The number of carbonyl (C=O) groups is 2. The molecule has 2 aromatic carbocycles. The molecule has 0 radical (unpaired) electrons. The lowest BCUT2D eigenvalue weighted by molar-refractivity contribution is -0.117. The second-order valence-corrected chi connectivity index (χ2v) is 7.84. The van der Waals surface area contributed by atoms with Crippen LogP contribution < -0.4 is 5.32 Å². The van der Waals surface area contributed by atoms with Crippen molar-refractivity contribution in [2.75, 3.05) is 31.5 Å². The number of benzene rings is 2. The average Bonchev–Trinajstić information content (AvgIpc) is 3.56. The van der Waals surface area contributed by atoms with Crippen molar-refractivity contribution in [2.24, 2.45) is 5.92 Å². The Bertz CT molecular complexity index is 850. The topological polar surface area (TPSA) is 52.6 Å². The van der Waals surface area contributed by atoms with Crippen LogP contribution in [0.1, 0.15) is 34.3 Å². The molecule has 1 saturated carbocycles. The predicted molar refractivity (Wildman–Crippen MR) is 110 cm³/mol. The molecule has 0 spiro atoms. The van der Waals surface area contributed by atoms with Crippen molar-refractivity contribution in [3.8, 4) is 0 Å². The van der Waals surface area contributed by atoms with Gasteiger partial charge in [0.15, 0.2) is 0 Å². The van der Waals surface area contributed by atoms with Gasteiger partial charge in [-0.2, -0.15) is 0 Å². The first-order valence-electron chi connectivity index (χ1n) is 10.1. The zero-order chi connectivity index (χ0) is 19.5. The predicted octanol–water partition coefficient (Wildman–Crippen LogP) is 3.30. The summed E-state index contributed by atoms with van der Waals surface area (Å²) in [6.07, 6.45) is 1.97. The minimum absolute atomic E-state index is 0.0654. The first-order chi connectivity index (χ1) is 13.6. The van der Waals surface area contributed by atoms with Crippen molar-refractivity contribution in [3.63, 3.8) is 0 Å². The summed E-state index contributed by atoms with van der Waals surface area (Å²) < 4.78 is 0. The van der Waals surface area contributed by atoms with Crippen molar-refractivity contribution in [1.82, 2.24) is 9.80 Å². The first kappa shape index (κ1) is 18.7. The van der Waals surface area contributed by atoms with Crippen LogP contribution >= 0.6 is 0 Å². The summed E-state index contributed by atoms with van der Waals surface area (Å²) in [6.45, 7) is 6.33. The Morgan fingerprint density at radius 1 is 0.964 bits per heavy atom. The van der Waals surface area contributed by atoms with Gasteiger partial charge in [0.05, 0.1) is 0 Å². The van der Waals surface area contributed by atoms with Crippen LogP contribution in [-0.2, 0) is 11.3 Å². The summed E-state index contributed by atoms with van der Waals surface area (Å²) in [7, 11) is 0. The highest BCUT2D eigenvalue weighted by Gasteiger charge is 2.29. The molecular formula is C23H27N3O2. The zero-order valence-electron chi connectivity index (χ0n) is 16.4. The Kier molecular flexibility index (Phi) is 5.44. The number of hydrogen-bond donors (Lipinski definition) is 1. The molecule has 146 valence electrons. The molecule has 2 fully saturated rings. The molecule has 0 aromatic heterocycles. The summed E-state index contributed by atoms with van der Waals surface area (Å²) in [5.41, 5.74) is 4.11. The lowest BCUT2D eigenvalue weighted by atomic mass is 10.1. The summed E-state index contributed by atoms with van der Waals surface area (Å²) in [5, 5.41) is 2.91. The van der Waals surface area contributed by atoms with Gasteiger partial charge in [0.1, 0.15) is 0 Å². The largest absolute Gasteiger partial charge is 0.336 e. The van der Waals surface area contributed by atoms with E-state index in [0.29, 0.717) is 5.56 Å². The molecule has 1 aliphatic carbocycles. The molecule has 2 aliphatic rings. The third-order valence-electron chi connectivity index (χ3n) is 5.66. The minimum atomic E-state index is 0.0654. The Morgan fingerprint density at radius 3 is 2.29 bits per heavy atom. The van der Waals surface area contributed by atoms with E-state index in [0.717, 1.165) is 51.3 Å². The van der Waals surface area contributed by atoms with Gasteiger partial charge in [-0.05, 0) is 55.2 Å². The number of piperazine rings is 1. The minimum Gasteiger partial charge on any atom is -0.336 e. The van der Waals surface area contributed by atoms with Gasteiger partial charge in [-0.1, -0.05) is 24.3 Å². The van der Waals surface area contributed by atoms with Gasteiger partial charge in [-0.25, -0.2) is 0 Å². The molecule has 5 nitrogen and oxygen atoms in total. The summed E-state index contributed by atoms with van der Waals surface area (Å²) in [5.74, 6) is 0.330. The van der Waals surface area contributed by atoms with Gasteiger partial charge in [-0.3, -0.25) is 14.5 Å². The van der Waals surface area contributed by atoms with Crippen LogP contribution in [0.15, 0.2) is 48.5 Å². The number of rotatable bonds is 5. The SMILES string of the molecule is Cc1ccccc1CN1CCN(C(=O)c2ccc(NC(=O)C3CC3)cc2)CC1. The van der Waals surface area contributed by atoms with E-state index in [1.165, 1.54) is 11.1 Å². The van der Waals surface area contributed by atoms with E-state index in [9.17, 15) is 9.59 Å². The van der Waals surface area contributed by atoms with E-state index in [4.69, 9.17) is 0 Å². The number of aryl methyl sites for hydroxylation is 1. The second kappa shape index (κ2) is 8.15. The number of amides is 2. The van der Waals surface area contributed by atoms with Gasteiger partial charge in [0.25, 0.3) is 5.91 Å². The Labute approximate surface area is 166 Å². The third kappa shape index (κ3) is 4.42. The van der Waals surface area contributed by atoms with Crippen molar-refractivity contribution in [1.29, 1.82) is 0 Å². The lowest BCUT2D eigenvalue weighted by Crippen LogP contribution is -2.48. The molecule has 5 heteroatoms. The summed E-state index contributed by atoms with van der Waals surface area (Å²) >= 11 is 0. The van der Waals surface area contributed by atoms with E-state index in [1.54, 1.807) is 0 Å². The molecule has 0 unspecified atom stereocenters. The van der Waals surface area contributed by atoms with Crippen molar-refractivity contribution in [3.05, 3.63) is 65.2 Å².